The Morgan fingerprint density at radius 1 is 0.739 bits per heavy atom. The first-order chi connectivity index (χ1) is 21.8. The lowest BCUT2D eigenvalue weighted by Crippen LogP contribution is -2.68. The van der Waals surface area contributed by atoms with Gasteiger partial charge in [0.05, 0.1) is 13.2 Å². The Morgan fingerprint density at radius 2 is 1.33 bits per heavy atom. The predicted octanol–water partition coefficient (Wildman–Crippen LogP) is -0.0916. The molecule has 3 rings (SSSR count). The molecule has 0 aromatic heterocycles. The Morgan fingerprint density at radius 3 is 1.89 bits per heavy atom. The summed E-state index contributed by atoms with van der Waals surface area (Å²) >= 11 is 0. The molecule has 16 heteroatoms. The normalized spacial score (nSPS) is 30.8. The van der Waals surface area contributed by atoms with Gasteiger partial charge in [0.15, 0.2) is 30.9 Å². The van der Waals surface area contributed by atoms with E-state index in [4.69, 9.17) is 42.6 Å². The summed E-state index contributed by atoms with van der Waals surface area (Å²) in [5, 5.41) is 14.2. The monoisotopic (exact) mass is 655 g/mol. The molecular weight excluding hydrogens is 614 g/mol. The maximum absolute atomic E-state index is 12.3. The number of methoxy groups -OCH3 is 1. The van der Waals surface area contributed by atoms with Gasteiger partial charge in [-0.25, -0.2) is 0 Å². The lowest BCUT2D eigenvalue weighted by atomic mass is 9.95. The van der Waals surface area contributed by atoms with E-state index < -0.39 is 97.7 Å². The fourth-order valence-corrected chi connectivity index (χ4v) is 5.13. The summed E-state index contributed by atoms with van der Waals surface area (Å²) in [6.45, 7) is 5.23. The highest BCUT2D eigenvalue weighted by Crippen LogP contribution is 2.33. The van der Waals surface area contributed by atoms with Crippen LogP contribution in [0.25, 0.3) is 0 Å². The second-order valence-corrected chi connectivity index (χ2v) is 10.7. The quantitative estimate of drug-likeness (QED) is 0.211. The van der Waals surface area contributed by atoms with Crippen molar-refractivity contribution in [3.63, 3.8) is 0 Å². The Labute approximate surface area is 265 Å². The van der Waals surface area contributed by atoms with Crippen molar-refractivity contribution in [2.75, 3.05) is 20.3 Å². The molecule has 1 amide bonds. The van der Waals surface area contributed by atoms with E-state index in [1.165, 1.54) is 14.0 Å². The number of aliphatic hydroxyl groups is 1. The molecule has 0 bridgehead atoms. The van der Waals surface area contributed by atoms with Crippen LogP contribution in [0.4, 0.5) is 0 Å². The Balaban J connectivity index is 1.98. The van der Waals surface area contributed by atoms with Crippen LogP contribution >= 0.6 is 0 Å². The first-order valence-electron chi connectivity index (χ1n) is 14.5. The minimum atomic E-state index is -1.64. The van der Waals surface area contributed by atoms with Gasteiger partial charge < -0.3 is 53.1 Å². The van der Waals surface area contributed by atoms with Gasteiger partial charge in [0.1, 0.15) is 37.1 Å². The molecule has 46 heavy (non-hydrogen) atoms. The highest BCUT2D eigenvalue weighted by atomic mass is 16.7. The number of rotatable bonds is 13. The van der Waals surface area contributed by atoms with Gasteiger partial charge in [-0.15, -0.1) is 0 Å². The number of nitrogens with one attached hydrogen (secondary N) is 1. The van der Waals surface area contributed by atoms with Crippen LogP contribution in [0, 0.1) is 0 Å². The predicted molar refractivity (Wildman–Crippen MR) is 152 cm³/mol. The molecule has 16 nitrogen and oxygen atoms in total. The lowest BCUT2D eigenvalue weighted by molar-refractivity contribution is -0.345. The molecule has 2 heterocycles. The summed E-state index contributed by atoms with van der Waals surface area (Å²) in [5.41, 5.74) is 0.873. The highest BCUT2D eigenvalue weighted by Gasteiger charge is 2.56. The van der Waals surface area contributed by atoms with Crippen LogP contribution in [0.15, 0.2) is 30.3 Å². The van der Waals surface area contributed by atoms with Crippen LogP contribution in [0.5, 0.6) is 0 Å². The van der Waals surface area contributed by atoms with E-state index in [1.54, 1.807) is 0 Å². The summed E-state index contributed by atoms with van der Waals surface area (Å²) in [6, 6.07) is 8.13. The third kappa shape index (κ3) is 10.4. The minimum Gasteiger partial charge on any atom is -0.463 e. The van der Waals surface area contributed by atoms with Crippen LogP contribution in [0.1, 0.15) is 40.2 Å². The fraction of sp³-hybridized carbons (Fsp3) is 0.633. The van der Waals surface area contributed by atoms with E-state index in [0.29, 0.717) is 0 Å². The van der Waals surface area contributed by atoms with Gasteiger partial charge in [0.25, 0.3) is 0 Å². The highest BCUT2D eigenvalue weighted by molar-refractivity contribution is 5.73. The van der Waals surface area contributed by atoms with Gasteiger partial charge in [0, 0.05) is 41.7 Å². The van der Waals surface area contributed by atoms with Gasteiger partial charge in [-0.2, -0.15) is 0 Å². The molecular formula is C30H41NO15. The van der Waals surface area contributed by atoms with Crippen molar-refractivity contribution in [2.24, 2.45) is 0 Å². The second-order valence-electron chi connectivity index (χ2n) is 10.7. The minimum absolute atomic E-state index is 0.124. The number of benzene rings is 1. The topological polar surface area (TPSA) is 201 Å². The van der Waals surface area contributed by atoms with E-state index in [1.807, 2.05) is 30.3 Å². The van der Waals surface area contributed by atoms with Crippen molar-refractivity contribution in [1.82, 2.24) is 5.32 Å². The number of carbonyl (C=O) groups is 5. The first-order valence-corrected chi connectivity index (χ1v) is 14.5. The molecule has 2 aliphatic heterocycles. The van der Waals surface area contributed by atoms with Crippen LogP contribution in [0.2, 0.25) is 0 Å². The number of aliphatic hydroxyl groups excluding tert-OH is 1. The van der Waals surface area contributed by atoms with Crippen LogP contribution in [-0.2, 0) is 73.2 Å². The van der Waals surface area contributed by atoms with Crippen molar-refractivity contribution >= 4 is 29.8 Å². The van der Waals surface area contributed by atoms with E-state index in [0.717, 1.165) is 33.3 Å². The average molecular weight is 656 g/mol. The van der Waals surface area contributed by atoms with Crippen LogP contribution < -0.4 is 5.32 Å². The van der Waals surface area contributed by atoms with Gasteiger partial charge in [-0.1, -0.05) is 30.3 Å². The molecule has 10 atom stereocenters. The number of ether oxygens (including phenoxy) is 9. The zero-order valence-corrected chi connectivity index (χ0v) is 26.4. The molecule has 1 aromatic rings. The third-order valence-corrected chi connectivity index (χ3v) is 6.91. The van der Waals surface area contributed by atoms with E-state index in [-0.39, 0.29) is 13.2 Å². The number of esters is 4. The van der Waals surface area contributed by atoms with Gasteiger partial charge in [0.2, 0.25) is 5.91 Å². The largest absolute Gasteiger partial charge is 0.463 e. The van der Waals surface area contributed by atoms with E-state index >= 15 is 0 Å². The summed E-state index contributed by atoms with van der Waals surface area (Å²) in [6.07, 6.45) is -12.5. The van der Waals surface area contributed by atoms with Gasteiger partial charge in [-0.05, 0) is 5.56 Å². The van der Waals surface area contributed by atoms with Crippen molar-refractivity contribution in [3.8, 4) is 0 Å². The Hall–Kier alpha value is -3.67. The van der Waals surface area contributed by atoms with E-state index in [2.05, 4.69) is 5.32 Å². The summed E-state index contributed by atoms with van der Waals surface area (Å²) < 4.78 is 50.9. The standard InChI is InChI=1S/C30H41NO15/c1-15(32)31-23-26(24(37)21(44-29(23)38-6)13-39-12-20-10-8-7-9-11-20)46-30-28(43-19(5)36)27(42-18(4)35)25(41-17(3)34)22(45-30)14-40-16(2)33/h7-11,21-30,37H,12-14H2,1-6H3,(H,31,32)/t21-,22-,23-,24-,25-,26-,27+,28+,29-,30-/m1/s1. The molecule has 0 aliphatic carbocycles. The van der Waals surface area contributed by atoms with Crippen LogP contribution in [0.3, 0.4) is 0 Å². The van der Waals surface area contributed by atoms with Gasteiger partial charge >= 0.3 is 23.9 Å². The summed E-state index contributed by atoms with van der Waals surface area (Å²) in [4.78, 5) is 60.4. The van der Waals surface area contributed by atoms with E-state index in [9.17, 15) is 29.1 Å². The van der Waals surface area contributed by atoms with Crippen molar-refractivity contribution < 1.29 is 71.7 Å². The SMILES string of the molecule is CO[C@@H]1O[C@H](COCc2ccccc2)[C@@H](O)[C@H](O[C@H]2O[C@H](COC(C)=O)[C@@H](OC(C)=O)[C@H](OC(C)=O)[C@@H]2OC(C)=O)[C@H]1NC(C)=O. The molecule has 2 saturated heterocycles. The number of hydrogen-bond donors (Lipinski definition) is 2. The molecule has 0 unspecified atom stereocenters. The molecule has 0 spiro atoms. The molecule has 2 fully saturated rings. The molecule has 2 aliphatic rings. The average Bonchev–Trinajstić information content (AvgIpc) is 2.97. The third-order valence-electron chi connectivity index (χ3n) is 6.91. The molecule has 1 aromatic carbocycles. The lowest BCUT2D eigenvalue weighted by Gasteiger charge is -2.48. The van der Waals surface area contributed by atoms with Crippen LogP contribution in [-0.4, -0.2) is 117 Å². The first kappa shape index (κ1) is 36.8. The summed E-state index contributed by atoms with van der Waals surface area (Å²) in [7, 11) is 1.32. The van der Waals surface area contributed by atoms with Crippen molar-refractivity contribution in [1.29, 1.82) is 0 Å². The molecule has 256 valence electrons. The molecule has 0 radical (unpaired) electrons. The molecule has 0 saturated carbocycles. The smallest absolute Gasteiger partial charge is 0.303 e. The maximum atomic E-state index is 12.3. The zero-order valence-electron chi connectivity index (χ0n) is 26.4. The fourth-order valence-electron chi connectivity index (χ4n) is 5.13. The zero-order chi connectivity index (χ0) is 34.0. The summed E-state index contributed by atoms with van der Waals surface area (Å²) in [5.74, 6) is -3.68. The second kappa shape index (κ2) is 17.3. The Bertz CT molecular complexity index is 1200. The number of amides is 1. The maximum Gasteiger partial charge on any atom is 0.303 e. The van der Waals surface area contributed by atoms with Gasteiger partial charge in [-0.3, -0.25) is 24.0 Å². The van der Waals surface area contributed by atoms with Crippen molar-refractivity contribution in [3.05, 3.63) is 35.9 Å². The number of hydrogen-bond acceptors (Lipinski definition) is 15. The molecule has 2 N–H and O–H groups in total. The Kier molecular flexibility index (Phi) is 13.8. The number of carbonyl (C=O) groups excluding carboxylic acids is 5. The van der Waals surface area contributed by atoms with Crippen molar-refractivity contribution in [2.45, 2.75) is 103 Å².